The molecule has 2 aliphatic heterocycles. The first-order valence-corrected chi connectivity index (χ1v) is 10.4. The van der Waals surface area contributed by atoms with Gasteiger partial charge in [0.25, 0.3) is 0 Å². The first-order valence-electron chi connectivity index (χ1n) is 10.4. The van der Waals surface area contributed by atoms with E-state index in [1.807, 2.05) is 13.8 Å². The number of allylic oxidation sites excluding steroid dienone is 2. The van der Waals surface area contributed by atoms with Crippen LogP contribution in [0, 0.1) is 5.92 Å². The van der Waals surface area contributed by atoms with E-state index in [4.69, 9.17) is 14.2 Å². The molecule has 2 fully saturated rings. The zero-order valence-electron chi connectivity index (χ0n) is 17.4. The third-order valence-electron chi connectivity index (χ3n) is 6.82. The predicted molar refractivity (Wildman–Crippen MR) is 103 cm³/mol. The molecule has 0 aromatic rings. The van der Waals surface area contributed by atoms with Gasteiger partial charge in [0.05, 0.1) is 23.9 Å². The summed E-state index contributed by atoms with van der Waals surface area (Å²) in [7, 11) is 0. The molecular formula is C21H36O7. The quantitative estimate of drug-likeness (QED) is 0.526. The fourth-order valence-corrected chi connectivity index (χ4v) is 4.86. The van der Waals surface area contributed by atoms with E-state index in [2.05, 4.69) is 19.9 Å². The van der Waals surface area contributed by atoms with Crippen molar-refractivity contribution in [1.82, 2.24) is 0 Å². The Balaban J connectivity index is 1.66. The molecule has 0 aromatic carbocycles. The van der Waals surface area contributed by atoms with Crippen LogP contribution >= 0.6 is 0 Å². The minimum Gasteiger partial charge on any atom is -0.394 e. The standard InChI is InChI=1S/C21H36O7/c1-12-5-7-13(8-6-12)21(4)10-9-15(20(2,3)28-21)27-19-18(25)17(24)16(23)14(11-22)26-19/h5,13-19,22-25H,6-11H2,1-4H3. The number of hydrogen-bond acceptors (Lipinski definition) is 7. The summed E-state index contributed by atoms with van der Waals surface area (Å²) in [4.78, 5) is 0. The summed E-state index contributed by atoms with van der Waals surface area (Å²) >= 11 is 0. The zero-order valence-corrected chi connectivity index (χ0v) is 17.4. The molecule has 0 amide bonds. The highest BCUT2D eigenvalue weighted by molar-refractivity contribution is 5.08. The molecule has 8 unspecified atom stereocenters. The lowest BCUT2D eigenvalue weighted by molar-refractivity contribution is -0.339. The lowest BCUT2D eigenvalue weighted by Gasteiger charge is -2.52. The van der Waals surface area contributed by atoms with E-state index in [1.165, 1.54) is 5.57 Å². The average Bonchev–Trinajstić information content (AvgIpc) is 2.64. The summed E-state index contributed by atoms with van der Waals surface area (Å²) in [5.41, 5.74) is 0.594. The summed E-state index contributed by atoms with van der Waals surface area (Å²) in [5, 5.41) is 39.6. The van der Waals surface area contributed by atoms with Crippen molar-refractivity contribution in [2.75, 3.05) is 6.61 Å². The van der Waals surface area contributed by atoms with Crippen molar-refractivity contribution in [3.8, 4) is 0 Å². The van der Waals surface area contributed by atoms with Crippen molar-refractivity contribution < 1.29 is 34.6 Å². The van der Waals surface area contributed by atoms with Crippen molar-refractivity contribution in [3.63, 3.8) is 0 Å². The minimum atomic E-state index is -1.44. The molecule has 0 bridgehead atoms. The van der Waals surface area contributed by atoms with Crippen molar-refractivity contribution in [3.05, 3.63) is 11.6 Å². The zero-order chi connectivity index (χ0) is 20.7. The van der Waals surface area contributed by atoms with Gasteiger partial charge in [-0.3, -0.25) is 0 Å². The maximum Gasteiger partial charge on any atom is 0.187 e. The maximum absolute atomic E-state index is 10.3. The molecule has 8 atom stereocenters. The van der Waals surface area contributed by atoms with E-state index in [0.29, 0.717) is 5.92 Å². The van der Waals surface area contributed by atoms with Gasteiger partial charge in [-0.15, -0.1) is 0 Å². The van der Waals surface area contributed by atoms with Crippen LogP contribution in [0.15, 0.2) is 11.6 Å². The molecule has 2 saturated heterocycles. The molecule has 1 aliphatic carbocycles. The second-order valence-electron chi connectivity index (χ2n) is 9.40. The van der Waals surface area contributed by atoms with Crippen LogP contribution in [0.1, 0.15) is 59.8 Å². The number of hydrogen-bond donors (Lipinski definition) is 4. The van der Waals surface area contributed by atoms with Crippen LogP contribution in [0.3, 0.4) is 0 Å². The smallest absolute Gasteiger partial charge is 0.187 e. The molecule has 3 aliphatic rings. The van der Waals surface area contributed by atoms with Crippen LogP contribution in [0.4, 0.5) is 0 Å². The highest BCUT2D eigenvalue weighted by Crippen LogP contribution is 2.45. The molecule has 7 heteroatoms. The van der Waals surface area contributed by atoms with Crippen molar-refractivity contribution in [2.24, 2.45) is 5.92 Å². The highest BCUT2D eigenvalue weighted by atomic mass is 16.7. The van der Waals surface area contributed by atoms with Gasteiger partial charge < -0.3 is 34.6 Å². The van der Waals surface area contributed by atoms with Crippen molar-refractivity contribution in [1.29, 1.82) is 0 Å². The Morgan fingerprint density at radius 1 is 1.11 bits per heavy atom. The van der Waals surface area contributed by atoms with E-state index in [0.717, 1.165) is 32.1 Å². The Morgan fingerprint density at radius 2 is 1.82 bits per heavy atom. The van der Waals surface area contributed by atoms with Gasteiger partial charge in [0.1, 0.15) is 24.4 Å². The Bertz CT molecular complexity index is 575. The monoisotopic (exact) mass is 400 g/mol. The number of ether oxygens (including phenoxy) is 3. The minimum absolute atomic E-state index is 0.240. The molecule has 0 radical (unpaired) electrons. The van der Waals surface area contributed by atoms with Crippen LogP contribution in [0.5, 0.6) is 0 Å². The molecule has 0 aromatic heterocycles. The Morgan fingerprint density at radius 3 is 2.39 bits per heavy atom. The number of aliphatic hydroxyl groups is 4. The molecule has 28 heavy (non-hydrogen) atoms. The Labute approximate surface area is 167 Å². The molecule has 7 nitrogen and oxygen atoms in total. The first-order chi connectivity index (χ1) is 13.1. The third kappa shape index (κ3) is 4.31. The maximum atomic E-state index is 10.3. The van der Waals surface area contributed by atoms with E-state index in [9.17, 15) is 20.4 Å². The summed E-state index contributed by atoms with van der Waals surface area (Å²) in [5.74, 6) is 0.462. The fraction of sp³-hybridized carbons (Fsp3) is 0.905. The first kappa shape index (κ1) is 22.2. The van der Waals surface area contributed by atoms with Crippen molar-refractivity contribution >= 4 is 0 Å². The normalized spacial score (nSPS) is 46.9. The van der Waals surface area contributed by atoms with E-state index < -0.39 is 42.9 Å². The van der Waals surface area contributed by atoms with Gasteiger partial charge in [0.15, 0.2) is 6.29 Å². The highest BCUT2D eigenvalue weighted by Gasteiger charge is 2.51. The predicted octanol–water partition coefficient (Wildman–Crippen LogP) is 1.27. The summed E-state index contributed by atoms with van der Waals surface area (Å²) in [6.07, 6.45) is 0.453. The summed E-state index contributed by atoms with van der Waals surface area (Å²) in [6.45, 7) is 7.83. The second kappa shape index (κ2) is 8.30. The SMILES string of the molecule is CC1=CCC(C2(C)CCC(OC3OC(CO)C(O)C(O)C3O)C(C)(C)O2)CC1. The molecule has 3 rings (SSSR count). The lowest BCUT2D eigenvalue weighted by Crippen LogP contribution is -2.62. The Hall–Kier alpha value is -0.540. The molecule has 162 valence electrons. The van der Waals surface area contributed by atoms with Gasteiger partial charge in [0.2, 0.25) is 0 Å². The van der Waals surface area contributed by atoms with E-state index in [-0.39, 0.29) is 11.7 Å². The van der Waals surface area contributed by atoms with Gasteiger partial charge >= 0.3 is 0 Å². The number of rotatable bonds is 4. The van der Waals surface area contributed by atoms with Gasteiger partial charge in [-0.2, -0.15) is 0 Å². The molecule has 2 heterocycles. The third-order valence-corrected chi connectivity index (χ3v) is 6.82. The van der Waals surface area contributed by atoms with Crippen LogP contribution in [-0.4, -0.2) is 75.0 Å². The van der Waals surface area contributed by atoms with Gasteiger partial charge in [-0.1, -0.05) is 11.6 Å². The fourth-order valence-electron chi connectivity index (χ4n) is 4.86. The number of aliphatic hydroxyl groups excluding tert-OH is 4. The largest absolute Gasteiger partial charge is 0.394 e. The van der Waals surface area contributed by atoms with Crippen LogP contribution in [0.2, 0.25) is 0 Å². The van der Waals surface area contributed by atoms with Crippen LogP contribution < -0.4 is 0 Å². The van der Waals surface area contributed by atoms with Crippen LogP contribution in [0.25, 0.3) is 0 Å². The summed E-state index contributed by atoms with van der Waals surface area (Å²) in [6, 6.07) is 0. The summed E-state index contributed by atoms with van der Waals surface area (Å²) < 4.78 is 18.1. The Kier molecular flexibility index (Phi) is 6.57. The van der Waals surface area contributed by atoms with E-state index >= 15 is 0 Å². The van der Waals surface area contributed by atoms with Crippen LogP contribution in [-0.2, 0) is 14.2 Å². The second-order valence-corrected chi connectivity index (χ2v) is 9.40. The molecule has 0 saturated carbocycles. The van der Waals surface area contributed by atoms with Gasteiger partial charge in [-0.25, -0.2) is 0 Å². The van der Waals surface area contributed by atoms with Gasteiger partial charge in [0, 0.05) is 0 Å². The topological polar surface area (TPSA) is 109 Å². The van der Waals surface area contributed by atoms with Crippen molar-refractivity contribution in [2.45, 2.75) is 108 Å². The lowest BCUT2D eigenvalue weighted by atomic mass is 9.73. The average molecular weight is 401 g/mol. The van der Waals surface area contributed by atoms with Gasteiger partial charge in [-0.05, 0) is 65.7 Å². The van der Waals surface area contributed by atoms with E-state index in [1.54, 1.807) is 0 Å². The molecule has 0 spiro atoms. The molecule has 4 N–H and O–H groups in total. The molecular weight excluding hydrogens is 364 g/mol.